The van der Waals surface area contributed by atoms with E-state index in [1.165, 1.54) is 16.7 Å². The highest BCUT2D eigenvalue weighted by atomic mass is 16.2. The number of piperidine rings is 1. The summed E-state index contributed by atoms with van der Waals surface area (Å²) in [5.41, 5.74) is 4.57. The van der Waals surface area contributed by atoms with Gasteiger partial charge in [-0.1, -0.05) is 31.5 Å². The van der Waals surface area contributed by atoms with Crippen LogP contribution in [0.2, 0.25) is 0 Å². The minimum Gasteiger partial charge on any atom is -0.332 e. The molecule has 2 aliphatic heterocycles. The second-order valence-corrected chi connectivity index (χ2v) is 6.58. The van der Waals surface area contributed by atoms with Crippen LogP contribution in [0.4, 0.5) is 0 Å². The summed E-state index contributed by atoms with van der Waals surface area (Å²) < 4.78 is 0. The van der Waals surface area contributed by atoms with Crippen molar-refractivity contribution in [3.8, 4) is 0 Å². The van der Waals surface area contributed by atoms with Gasteiger partial charge in [0.25, 0.3) is 0 Å². The Morgan fingerprint density at radius 1 is 1.09 bits per heavy atom. The predicted octanol–water partition coefficient (Wildman–Crippen LogP) is 3.17. The molecule has 118 valence electrons. The van der Waals surface area contributed by atoms with Gasteiger partial charge in [-0.15, -0.1) is 0 Å². The van der Waals surface area contributed by atoms with Gasteiger partial charge in [0.1, 0.15) is 5.92 Å². The highest BCUT2D eigenvalue weighted by Gasteiger charge is 2.49. The summed E-state index contributed by atoms with van der Waals surface area (Å²) in [6.45, 7) is 7.05. The van der Waals surface area contributed by atoms with Crippen LogP contribution in [0.15, 0.2) is 12.1 Å². The van der Waals surface area contributed by atoms with E-state index < -0.39 is 5.92 Å². The molecule has 0 radical (unpaired) electrons. The van der Waals surface area contributed by atoms with Crippen molar-refractivity contribution in [3.63, 3.8) is 0 Å². The fourth-order valence-corrected chi connectivity index (χ4v) is 4.15. The van der Waals surface area contributed by atoms with Crippen molar-refractivity contribution in [2.45, 2.75) is 64.8 Å². The zero-order chi connectivity index (χ0) is 15.9. The van der Waals surface area contributed by atoms with Crippen LogP contribution in [0.25, 0.3) is 0 Å². The molecule has 2 aliphatic rings. The number of hydrogen-bond donors (Lipinski definition) is 0. The summed E-state index contributed by atoms with van der Waals surface area (Å²) >= 11 is 0. The molecule has 0 saturated carbocycles. The molecule has 3 nitrogen and oxygen atoms in total. The first-order valence-electron chi connectivity index (χ1n) is 8.55. The zero-order valence-electron chi connectivity index (χ0n) is 13.8. The Balaban J connectivity index is 2.10. The van der Waals surface area contributed by atoms with Crippen molar-refractivity contribution in [2.24, 2.45) is 0 Å². The van der Waals surface area contributed by atoms with Gasteiger partial charge in [-0.2, -0.15) is 0 Å². The Morgan fingerprint density at radius 3 is 2.27 bits per heavy atom. The molecule has 3 heteroatoms. The van der Waals surface area contributed by atoms with Crippen LogP contribution in [0.1, 0.15) is 61.3 Å². The largest absolute Gasteiger partial charge is 0.332 e. The topological polar surface area (TPSA) is 37.4 Å². The van der Waals surface area contributed by atoms with Crippen LogP contribution in [-0.4, -0.2) is 29.2 Å². The summed E-state index contributed by atoms with van der Waals surface area (Å²) in [7, 11) is 0. The van der Waals surface area contributed by atoms with E-state index in [0.717, 1.165) is 44.2 Å². The van der Waals surface area contributed by atoms with Gasteiger partial charge in [-0.25, -0.2) is 0 Å². The maximum absolute atomic E-state index is 12.9. The lowest BCUT2D eigenvalue weighted by molar-refractivity contribution is -0.130. The maximum Gasteiger partial charge on any atom is 0.238 e. The summed E-state index contributed by atoms with van der Waals surface area (Å²) in [5, 5.41) is 0. The molecule has 22 heavy (non-hydrogen) atoms. The molecule has 0 spiro atoms. The van der Waals surface area contributed by atoms with E-state index >= 15 is 0 Å². The Kier molecular flexibility index (Phi) is 4.07. The molecular weight excluding hydrogens is 274 g/mol. The Hall–Kier alpha value is -1.64. The first-order chi connectivity index (χ1) is 10.6. The number of benzene rings is 1. The van der Waals surface area contributed by atoms with Gasteiger partial charge in [-0.3, -0.25) is 9.59 Å². The number of rotatable bonds is 3. The Labute approximate surface area is 132 Å². The second-order valence-electron chi connectivity index (χ2n) is 6.58. The number of aryl methyl sites for hydroxylation is 3. The van der Waals surface area contributed by atoms with Crippen molar-refractivity contribution in [1.29, 1.82) is 0 Å². The van der Waals surface area contributed by atoms with E-state index in [1.807, 2.05) is 4.90 Å². The molecule has 0 N–H and O–H groups in total. The lowest BCUT2D eigenvalue weighted by Crippen LogP contribution is -2.39. The first-order valence-corrected chi connectivity index (χ1v) is 8.55. The number of nitrogens with zero attached hydrogens (tertiary/aromatic N) is 1. The van der Waals surface area contributed by atoms with E-state index in [-0.39, 0.29) is 17.7 Å². The number of amides is 1. The number of hydrogen-bond acceptors (Lipinski definition) is 2. The maximum atomic E-state index is 12.9. The van der Waals surface area contributed by atoms with E-state index in [9.17, 15) is 9.59 Å². The SMILES string of the molecule is CCc1cc(C)cc(CC)c1C1C(=O)C2CCCCN2C1=O. The lowest BCUT2D eigenvalue weighted by Gasteiger charge is -2.27. The molecule has 2 fully saturated rings. The van der Waals surface area contributed by atoms with Gasteiger partial charge in [0.05, 0.1) is 6.04 Å². The number of Topliss-reactive ketones (excluding diaryl/α,β-unsaturated/α-hetero) is 1. The van der Waals surface area contributed by atoms with E-state index in [0.29, 0.717) is 0 Å². The molecule has 1 aromatic rings. The fourth-order valence-electron chi connectivity index (χ4n) is 4.15. The van der Waals surface area contributed by atoms with Gasteiger partial charge in [0.15, 0.2) is 5.78 Å². The summed E-state index contributed by atoms with van der Waals surface area (Å²) in [6, 6.07) is 4.13. The van der Waals surface area contributed by atoms with Crippen LogP contribution >= 0.6 is 0 Å². The normalized spacial score (nSPS) is 24.8. The minimum atomic E-state index is -0.548. The number of carbonyl (C=O) groups excluding carboxylic acids is 2. The molecule has 2 heterocycles. The molecule has 2 unspecified atom stereocenters. The smallest absolute Gasteiger partial charge is 0.238 e. The average Bonchev–Trinajstić information content (AvgIpc) is 2.78. The zero-order valence-corrected chi connectivity index (χ0v) is 13.8. The van der Waals surface area contributed by atoms with E-state index in [4.69, 9.17) is 0 Å². The van der Waals surface area contributed by atoms with E-state index in [2.05, 4.69) is 32.9 Å². The van der Waals surface area contributed by atoms with Crippen molar-refractivity contribution < 1.29 is 9.59 Å². The summed E-state index contributed by atoms with van der Waals surface area (Å²) in [6.07, 6.45) is 4.66. The van der Waals surface area contributed by atoms with Gasteiger partial charge in [0, 0.05) is 6.54 Å². The standard InChI is InChI=1S/C19H25NO2/c1-4-13-10-12(3)11-14(5-2)16(13)17-18(21)15-8-6-7-9-20(15)19(17)22/h10-11,15,17H,4-9H2,1-3H3. The van der Waals surface area contributed by atoms with Crippen LogP contribution in [0, 0.1) is 6.92 Å². The number of carbonyl (C=O) groups is 2. The third-order valence-corrected chi connectivity index (χ3v) is 5.19. The van der Waals surface area contributed by atoms with Crippen LogP contribution in [-0.2, 0) is 22.4 Å². The minimum absolute atomic E-state index is 0.0444. The van der Waals surface area contributed by atoms with Crippen molar-refractivity contribution in [1.82, 2.24) is 4.90 Å². The Bertz CT molecular complexity index is 571. The predicted molar refractivity (Wildman–Crippen MR) is 87.0 cm³/mol. The molecule has 1 amide bonds. The van der Waals surface area contributed by atoms with Crippen molar-refractivity contribution in [2.75, 3.05) is 6.54 Å². The molecule has 2 atom stereocenters. The molecule has 0 aliphatic carbocycles. The fraction of sp³-hybridized carbons (Fsp3) is 0.579. The van der Waals surface area contributed by atoms with Gasteiger partial charge in [0.2, 0.25) is 5.91 Å². The Morgan fingerprint density at radius 2 is 1.73 bits per heavy atom. The van der Waals surface area contributed by atoms with Gasteiger partial charge >= 0.3 is 0 Å². The molecule has 0 aromatic heterocycles. The molecular formula is C19H25NO2. The highest BCUT2D eigenvalue weighted by Crippen LogP contribution is 2.38. The lowest BCUT2D eigenvalue weighted by atomic mass is 9.83. The summed E-state index contributed by atoms with van der Waals surface area (Å²) in [4.78, 5) is 27.6. The quantitative estimate of drug-likeness (QED) is 0.804. The molecule has 3 rings (SSSR count). The van der Waals surface area contributed by atoms with Crippen LogP contribution in [0.5, 0.6) is 0 Å². The number of fused-ring (bicyclic) bond motifs is 1. The first kappa shape index (κ1) is 15.3. The highest BCUT2D eigenvalue weighted by molar-refractivity contribution is 6.15. The van der Waals surface area contributed by atoms with Crippen LogP contribution in [0.3, 0.4) is 0 Å². The van der Waals surface area contributed by atoms with Crippen LogP contribution < -0.4 is 0 Å². The molecule has 2 saturated heterocycles. The van der Waals surface area contributed by atoms with Gasteiger partial charge < -0.3 is 4.90 Å². The third-order valence-electron chi connectivity index (χ3n) is 5.19. The summed E-state index contributed by atoms with van der Waals surface area (Å²) in [5.74, 6) is -0.366. The van der Waals surface area contributed by atoms with Crippen molar-refractivity contribution >= 4 is 11.7 Å². The van der Waals surface area contributed by atoms with Crippen molar-refractivity contribution in [3.05, 3.63) is 34.4 Å². The molecule has 0 bridgehead atoms. The van der Waals surface area contributed by atoms with Gasteiger partial charge in [-0.05, 0) is 55.7 Å². The molecule has 1 aromatic carbocycles. The second kappa shape index (κ2) is 5.86. The van der Waals surface area contributed by atoms with E-state index in [1.54, 1.807) is 0 Å². The number of ketones is 1. The third kappa shape index (κ3) is 2.27. The monoisotopic (exact) mass is 299 g/mol. The average molecular weight is 299 g/mol.